The number of pyridine rings is 1. The zero-order chi connectivity index (χ0) is 35.5. The standard InChI is InChI=1S/C33H30F4N6O2/c1-2-20-24(35)5-4-17-10-19(38)11-21(25(17)20)28-27(37)29-22(13-39-28)31(43-8-9-44-15-23-26(36)30(23)43)41-32(40-29)45-16-33-6-3-7-42(33)14-18(34)12-33/h1,4-5,10-11,13,18,23,26,30H,3,6-9,12,14-16,38H2/t18-,23+,26+,30+,33+/m1/s1/i7D2,16D2,18D. The highest BCUT2D eigenvalue weighted by molar-refractivity contribution is 6.03. The monoisotopic (exact) mass is 623 g/mol. The van der Waals surface area contributed by atoms with Crippen LogP contribution in [0, 0.1) is 29.9 Å². The molecule has 45 heavy (non-hydrogen) atoms. The van der Waals surface area contributed by atoms with Crippen molar-refractivity contribution in [1.29, 1.82) is 0 Å². The average molecular weight is 624 g/mol. The highest BCUT2D eigenvalue weighted by Crippen LogP contribution is 2.46. The summed E-state index contributed by atoms with van der Waals surface area (Å²) in [6.07, 6.45) is 1.92. The number of fused-ring (bicyclic) bond motifs is 4. The Morgan fingerprint density at radius 2 is 2.16 bits per heavy atom. The molecule has 8 rings (SSSR count). The smallest absolute Gasteiger partial charge is 0.319 e. The maximum absolute atomic E-state index is 17.0. The van der Waals surface area contributed by atoms with Gasteiger partial charge in [-0.15, -0.1) is 6.42 Å². The molecule has 0 radical (unpaired) electrons. The number of ether oxygens (including phenoxy) is 2. The third-order valence-corrected chi connectivity index (χ3v) is 9.09. The van der Waals surface area contributed by atoms with Crippen molar-refractivity contribution in [1.82, 2.24) is 19.9 Å². The normalized spacial score (nSPS) is 32.5. The van der Waals surface area contributed by atoms with Gasteiger partial charge in [-0.2, -0.15) is 9.97 Å². The van der Waals surface area contributed by atoms with Gasteiger partial charge >= 0.3 is 6.01 Å². The predicted octanol–water partition coefficient (Wildman–Crippen LogP) is 4.82. The fraction of sp³-hybridized carbons (Fsp3) is 0.424. The first-order chi connectivity index (χ1) is 23.6. The van der Waals surface area contributed by atoms with Crippen LogP contribution in [0.2, 0.25) is 0 Å². The highest BCUT2D eigenvalue weighted by Gasteiger charge is 2.56. The second-order valence-corrected chi connectivity index (χ2v) is 11.8. The van der Waals surface area contributed by atoms with Crippen molar-refractivity contribution in [3.8, 4) is 29.6 Å². The molecule has 8 nitrogen and oxygen atoms in total. The highest BCUT2D eigenvalue weighted by atomic mass is 19.1. The molecule has 0 unspecified atom stereocenters. The van der Waals surface area contributed by atoms with Crippen LogP contribution in [0.1, 0.15) is 31.7 Å². The number of nitrogens with two attached hydrogens (primary N) is 1. The zero-order valence-electron chi connectivity index (χ0n) is 28.8. The summed E-state index contributed by atoms with van der Waals surface area (Å²) in [4.78, 5) is 15.6. The van der Waals surface area contributed by atoms with Gasteiger partial charge in [-0.3, -0.25) is 9.88 Å². The van der Waals surface area contributed by atoms with E-state index in [9.17, 15) is 4.39 Å². The minimum absolute atomic E-state index is 0.0185. The van der Waals surface area contributed by atoms with E-state index in [0.717, 1.165) is 4.90 Å². The molecule has 1 saturated carbocycles. The summed E-state index contributed by atoms with van der Waals surface area (Å²) >= 11 is 0. The largest absolute Gasteiger partial charge is 0.461 e. The van der Waals surface area contributed by atoms with Crippen LogP contribution in [0.15, 0.2) is 30.5 Å². The van der Waals surface area contributed by atoms with E-state index >= 15 is 13.2 Å². The van der Waals surface area contributed by atoms with Crippen LogP contribution < -0.4 is 15.4 Å². The van der Waals surface area contributed by atoms with Gasteiger partial charge in [-0.05, 0) is 42.9 Å². The lowest BCUT2D eigenvalue weighted by atomic mass is 9.95. The maximum Gasteiger partial charge on any atom is 0.319 e. The molecule has 5 heterocycles. The molecule has 0 bridgehead atoms. The number of hydrogen-bond acceptors (Lipinski definition) is 8. The molecule has 1 aliphatic carbocycles. The van der Waals surface area contributed by atoms with Crippen LogP contribution in [0.5, 0.6) is 6.01 Å². The van der Waals surface area contributed by atoms with E-state index in [1.807, 2.05) is 0 Å². The average Bonchev–Trinajstić information content (AvgIpc) is 3.56. The third-order valence-electron chi connectivity index (χ3n) is 9.09. The Kier molecular flexibility index (Phi) is 5.37. The van der Waals surface area contributed by atoms with Gasteiger partial charge < -0.3 is 20.1 Å². The van der Waals surface area contributed by atoms with Crippen molar-refractivity contribution in [3.63, 3.8) is 0 Å². The Morgan fingerprint density at radius 1 is 1.29 bits per heavy atom. The number of benzene rings is 2. The quantitative estimate of drug-likeness (QED) is 0.193. The van der Waals surface area contributed by atoms with E-state index in [-0.39, 0.29) is 71.7 Å². The molecule has 2 aromatic heterocycles. The molecule has 2 aromatic carbocycles. The van der Waals surface area contributed by atoms with Gasteiger partial charge in [0.1, 0.15) is 41.7 Å². The number of halogens is 4. The van der Waals surface area contributed by atoms with E-state index in [1.165, 1.54) is 24.4 Å². The van der Waals surface area contributed by atoms with Crippen LogP contribution in [-0.4, -0.2) is 83.1 Å². The van der Waals surface area contributed by atoms with Crippen LogP contribution in [0.4, 0.5) is 29.1 Å². The molecule has 3 saturated heterocycles. The number of nitrogen functional groups attached to an aromatic ring is 1. The summed E-state index contributed by atoms with van der Waals surface area (Å²) in [6.45, 7) is -5.24. The van der Waals surface area contributed by atoms with Crippen molar-refractivity contribution in [2.24, 2.45) is 5.92 Å². The molecule has 0 spiro atoms. The number of alkyl halides is 2. The summed E-state index contributed by atoms with van der Waals surface area (Å²) in [7, 11) is 0. The SMILES string of the molecule is [2H]C1([2H])CC[C@@]2(C([2H])([2H])Oc3nc(N4CCOC[C@H]5[C@H](F)[C@H]54)c4cnc(-c5cc(N)cc6ccc(F)c(C#C)c56)c(F)c4n3)C[C@@]([2H])(F)CN12. The van der Waals surface area contributed by atoms with Gasteiger partial charge in [0.25, 0.3) is 0 Å². The van der Waals surface area contributed by atoms with E-state index in [1.54, 1.807) is 11.0 Å². The summed E-state index contributed by atoms with van der Waals surface area (Å²) < 4.78 is 116. The Labute approximate surface area is 263 Å². The van der Waals surface area contributed by atoms with Crippen molar-refractivity contribution in [2.45, 2.75) is 43.2 Å². The Bertz CT molecular complexity index is 2140. The van der Waals surface area contributed by atoms with Gasteiger partial charge in [0, 0.05) is 51.0 Å². The predicted molar refractivity (Wildman–Crippen MR) is 161 cm³/mol. The number of nitrogens with zero attached hydrogens (tertiary/aromatic N) is 5. The Hall–Kier alpha value is -4.21. The van der Waals surface area contributed by atoms with E-state index < -0.39 is 79.0 Å². The fourth-order valence-electron chi connectivity index (χ4n) is 6.86. The van der Waals surface area contributed by atoms with Crippen LogP contribution >= 0.6 is 0 Å². The third kappa shape index (κ3) is 4.47. The van der Waals surface area contributed by atoms with E-state index in [4.69, 9.17) is 28.5 Å². The van der Waals surface area contributed by atoms with E-state index in [2.05, 4.69) is 20.9 Å². The van der Waals surface area contributed by atoms with Crippen molar-refractivity contribution < 1.29 is 33.9 Å². The minimum atomic E-state index is -2.89. The molecule has 5 atom stereocenters. The molecule has 232 valence electrons. The molecule has 0 amide bonds. The molecular weight excluding hydrogens is 588 g/mol. The lowest BCUT2D eigenvalue weighted by molar-refractivity contribution is 0.107. The molecule has 3 aliphatic heterocycles. The van der Waals surface area contributed by atoms with Crippen LogP contribution in [-0.2, 0) is 4.74 Å². The van der Waals surface area contributed by atoms with E-state index in [0.29, 0.717) is 5.39 Å². The molecule has 2 N–H and O–H groups in total. The zero-order valence-corrected chi connectivity index (χ0v) is 23.8. The molecular formula is C33H30F4N6O2. The molecule has 12 heteroatoms. The molecule has 4 aromatic rings. The lowest BCUT2D eigenvalue weighted by Gasteiger charge is -2.31. The minimum Gasteiger partial charge on any atom is -0.461 e. The first kappa shape index (κ1) is 23.2. The number of rotatable bonds is 5. The summed E-state index contributed by atoms with van der Waals surface area (Å²) in [5.74, 6) is 0.0309. The summed E-state index contributed by atoms with van der Waals surface area (Å²) in [6, 6.07) is 4.17. The first-order valence-electron chi connectivity index (χ1n) is 17.1. The first-order valence-corrected chi connectivity index (χ1v) is 14.6. The number of terminal acetylenes is 1. The van der Waals surface area contributed by atoms with Gasteiger partial charge in [-0.25, -0.2) is 17.6 Å². The summed E-state index contributed by atoms with van der Waals surface area (Å²) in [5.41, 5.74) is 3.62. The second-order valence-electron chi connectivity index (χ2n) is 11.8. The Morgan fingerprint density at radius 3 is 3.00 bits per heavy atom. The fourth-order valence-corrected chi connectivity index (χ4v) is 6.86. The number of anilines is 2. The lowest BCUT2D eigenvalue weighted by Crippen LogP contribution is -2.43. The van der Waals surface area contributed by atoms with Gasteiger partial charge in [0.15, 0.2) is 5.82 Å². The van der Waals surface area contributed by atoms with Crippen molar-refractivity contribution in [3.05, 3.63) is 47.7 Å². The van der Waals surface area contributed by atoms with Crippen LogP contribution in [0.3, 0.4) is 0 Å². The van der Waals surface area contributed by atoms with Crippen molar-refractivity contribution in [2.75, 3.05) is 50.0 Å². The second kappa shape index (κ2) is 10.4. The maximum atomic E-state index is 17.0. The molecule has 4 aliphatic rings. The Balaban J connectivity index is 1.32. The van der Waals surface area contributed by atoms with Gasteiger partial charge in [0.05, 0.1) is 39.9 Å². The number of aromatic nitrogens is 3. The summed E-state index contributed by atoms with van der Waals surface area (Å²) in [5, 5.41) is 0.619. The topological polar surface area (TPSA) is 89.6 Å². The van der Waals surface area contributed by atoms with Gasteiger partial charge in [0.2, 0.25) is 0 Å². The molecule has 4 fully saturated rings. The van der Waals surface area contributed by atoms with Crippen LogP contribution in [0.25, 0.3) is 32.9 Å². The number of hydrogen-bond donors (Lipinski definition) is 1. The van der Waals surface area contributed by atoms with Gasteiger partial charge in [-0.1, -0.05) is 12.0 Å². The van der Waals surface area contributed by atoms with Crippen molar-refractivity contribution >= 4 is 33.2 Å².